The van der Waals surface area contributed by atoms with Gasteiger partial charge in [0.15, 0.2) is 0 Å². The molecule has 5 nitrogen and oxygen atoms in total. The number of aromatic nitrogens is 3. The van der Waals surface area contributed by atoms with Crippen LogP contribution in [-0.2, 0) is 11.3 Å². The van der Waals surface area contributed by atoms with Crippen LogP contribution < -0.4 is 0 Å². The maximum atomic E-state index is 5.88. The van der Waals surface area contributed by atoms with E-state index in [4.69, 9.17) is 9.15 Å². The van der Waals surface area contributed by atoms with Gasteiger partial charge in [0.25, 0.3) is 0 Å². The zero-order valence-electron chi connectivity index (χ0n) is 11.7. The largest absolute Gasteiger partial charge is 0.418 e. The average molecular weight is 273 g/mol. The second-order valence-corrected chi connectivity index (χ2v) is 5.44. The smallest absolute Gasteiger partial charge is 0.247 e. The van der Waals surface area contributed by atoms with Gasteiger partial charge in [-0.25, -0.2) is 0 Å². The molecule has 1 fully saturated rings. The minimum absolute atomic E-state index is 0.329. The van der Waals surface area contributed by atoms with Crippen molar-refractivity contribution in [1.29, 1.82) is 0 Å². The molecule has 20 heavy (non-hydrogen) atoms. The van der Waals surface area contributed by atoms with Gasteiger partial charge in [-0.3, -0.25) is 4.98 Å². The van der Waals surface area contributed by atoms with E-state index in [9.17, 15) is 0 Å². The number of nitrogens with zero attached hydrogens (tertiary/aromatic N) is 3. The van der Waals surface area contributed by atoms with Crippen LogP contribution in [0.15, 0.2) is 28.9 Å². The van der Waals surface area contributed by atoms with Crippen molar-refractivity contribution in [2.24, 2.45) is 5.92 Å². The molecule has 2 atom stereocenters. The molecule has 0 spiro atoms. The van der Waals surface area contributed by atoms with Gasteiger partial charge in [0.1, 0.15) is 6.61 Å². The van der Waals surface area contributed by atoms with Crippen molar-refractivity contribution in [2.75, 3.05) is 0 Å². The Bertz CT molecular complexity index is 541. The van der Waals surface area contributed by atoms with Crippen LogP contribution >= 0.6 is 0 Å². The zero-order valence-corrected chi connectivity index (χ0v) is 11.7. The van der Waals surface area contributed by atoms with E-state index in [0.717, 1.165) is 24.3 Å². The summed E-state index contributed by atoms with van der Waals surface area (Å²) in [5.41, 5.74) is 0.880. The number of pyridine rings is 1. The summed E-state index contributed by atoms with van der Waals surface area (Å²) in [6, 6.07) is 3.70. The first-order chi connectivity index (χ1) is 9.81. The average Bonchev–Trinajstić information content (AvgIpc) is 2.95. The number of rotatable bonds is 4. The fourth-order valence-corrected chi connectivity index (χ4v) is 2.64. The van der Waals surface area contributed by atoms with E-state index >= 15 is 0 Å². The summed E-state index contributed by atoms with van der Waals surface area (Å²) in [6.45, 7) is 2.68. The molecular formula is C15H19N3O2. The van der Waals surface area contributed by atoms with Crippen LogP contribution in [0.25, 0.3) is 11.5 Å². The lowest BCUT2D eigenvalue weighted by molar-refractivity contribution is -0.00444. The van der Waals surface area contributed by atoms with E-state index in [1.807, 2.05) is 12.1 Å². The second kappa shape index (κ2) is 6.13. The SMILES string of the molecule is C[C@@H]1CCC[C@H](OCc2nnc(-c3ccncc3)o2)C1. The molecule has 0 N–H and O–H groups in total. The van der Waals surface area contributed by atoms with Crippen LogP contribution in [0.3, 0.4) is 0 Å². The van der Waals surface area contributed by atoms with Crippen molar-refractivity contribution >= 4 is 0 Å². The Morgan fingerprint density at radius 3 is 2.90 bits per heavy atom. The third-order valence-electron chi connectivity index (χ3n) is 3.72. The quantitative estimate of drug-likeness (QED) is 0.855. The van der Waals surface area contributed by atoms with Gasteiger partial charge in [-0.15, -0.1) is 10.2 Å². The Labute approximate surface area is 118 Å². The highest BCUT2D eigenvalue weighted by molar-refractivity contribution is 5.50. The van der Waals surface area contributed by atoms with E-state index in [1.165, 1.54) is 12.8 Å². The zero-order chi connectivity index (χ0) is 13.8. The minimum atomic E-state index is 0.329. The molecule has 2 aromatic rings. The molecule has 1 saturated carbocycles. The Morgan fingerprint density at radius 2 is 2.10 bits per heavy atom. The van der Waals surface area contributed by atoms with Crippen LogP contribution in [0.4, 0.5) is 0 Å². The molecule has 2 heterocycles. The highest BCUT2D eigenvalue weighted by Gasteiger charge is 2.20. The molecule has 0 bridgehead atoms. The summed E-state index contributed by atoms with van der Waals surface area (Å²) in [6.07, 6.45) is 8.57. The molecule has 0 aromatic carbocycles. The maximum Gasteiger partial charge on any atom is 0.247 e. The summed E-state index contributed by atoms with van der Waals surface area (Å²) in [7, 11) is 0. The highest BCUT2D eigenvalue weighted by atomic mass is 16.5. The van der Waals surface area contributed by atoms with Gasteiger partial charge in [-0.1, -0.05) is 19.8 Å². The van der Waals surface area contributed by atoms with Gasteiger partial charge in [0, 0.05) is 18.0 Å². The summed E-state index contributed by atoms with van der Waals surface area (Å²) in [5.74, 6) is 1.81. The summed E-state index contributed by atoms with van der Waals surface area (Å²) < 4.78 is 11.5. The van der Waals surface area contributed by atoms with Gasteiger partial charge < -0.3 is 9.15 Å². The Morgan fingerprint density at radius 1 is 1.25 bits per heavy atom. The summed E-state index contributed by atoms with van der Waals surface area (Å²) in [5, 5.41) is 8.07. The molecule has 1 aliphatic rings. The van der Waals surface area contributed by atoms with Crippen LogP contribution in [0.1, 0.15) is 38.5 Å². The van der Waals surface area contributed by atoms with E-state index in [-0.39, 0.29) is 0 Å². The van der Waals surface area contributed by atoms with Crippen molar-refractivity contribution in [1.82, 2.24) is 15.2 Å². The maximum absolute atomic E-state index is 5.88. The Balaban J connectivity index is 1.58. The lowest BCUT2D eigenvalue weighted by Crippen LogP contribution is -2.21. The van der Waals surface area contributed by atoms with Gasteiger partial charge in [-0.05, 0) is 30.9 Å². The number of ether oxygens (including phenoxy) is 1. The summed E-state index contributed by atoms with van der Waals surface area (Å²) >= 11 is 0. The number of hydrogen-bond acceptors (Lipinski definition) is 5. The number of hydrogen-bond donors (Lipinski definition) is 0. The Hall–Kier alpha value is -1.75. The van der Waals surface area contributed by atoms with Gasteiger partial charge in [0.05, 0.1) is 6.10 Å². The second-order valence-electron chi connectivity index (χ2n) is 5.44. The van der Waals surface area contributed by atoms with Crippen molar-refractivity contribution in [2.45, 2.75) is 45.3 Å². The van der Waals surface area contributed by atoms with Gasteiger partial charge in [-0.2, -0.15) is 0 Å². The molecule has 0 saturated heterocycles. The van der Waals surface area contributed by atoms with Crippen LogP contribution in [-0.4, -0.2) is 21.3 Å². The van der Waals surface area contributed by atoms with Gasteiger partial charge in [0.2, 0.25) is 11.8 Å². The van der Waals surface area contributed by atoms with Crippen LogP contribution in [0.5, 0.6) is 0 Å². The van der Waals surface area contributed by atoms with Gasteiger partial charge >= 0.3 is 0 Å². The third kappa shape index (κ3) is 3.22. The molecule has 3 rings (SSSR count). The molecular weight excluding hydrogens is 254 g/mol. The van der Waals surface area contributed by atoms with E-state index in [2.05, 4.69) is 22.1 Å². The van der Waals surface area contributed by atoms with Crippen LogP contribution in [0.2, 0.25) is 0 Å². The molecule has 0 amide bonds. The predicted octanol–water partition coefficient (Wildman–Crippen LogP) is 3.23. The molecule has 5 heteroatoms. The first-order valence-corrected chi connectivity index (χ1v) is 7.15. The van der Waals surface area contributed by atoms with Crippen molar-refractivity contribution < 1.29 is 9.15 Å². The molecule has 2 aromatic heterocycles. The fourth-order valence-electron chi connectivity index (χ4n) is 2.64. The molecule has 106 valence electrons. The molecule has 0 aliphatic heterocycles. The third-order valence-corrected chi connectivity index (χ3v) is 3.72. The Kier molecular flexibility index (Phi) is 4.06. The first-order valence-electron chi connectivity index (χ1n) is 7.15. The topological polar surface area (TPSA) is 61.0 Å². The molecule has 0 unspecified atom stereocenters. The first kappa shape index (κ1) is 13.2. The lowest BCUT2D eigenvalue weighted by Gasteiger charge is -2.26. The minimum Gasteiger partial charge on any atom is -0.418 e. The van der Waals surface area contributed by atoms with E-state index < -0.39 is 0 Å². The van der Waals surface area contributed by atoms with E-state index in [0.29, 0.717) is 24.5 Å². The monoisotopic (exact) mass is 273 g/mol. The van der Waals surface area contributed by atoms with E-state index in [1.54, 1.807) is 12.4 Å². The lowest BCUT2D eigenvalue weighted by atomic mass is 9.89. The molecule has 1 aliphatic carbocycles. The predicted molar refractivity (Wildman–Crippen MR) is 73.7 cm³/mol. The fraction of sp³-hybridized carbons (Fsp3) is 0.533. The van der Waals surface area contributed by atoms with Crippen molar-refractivity contribution in [3.8, 4) is 11.5 Å². The molecule has 0 radical (unpaired) electrons. The standard InChI is InChI=1S/C15H19N3O2/c1-11-3-2-4-13(9-11)19-10-14-17-18-15(20-14)12-5-7-16-8-6-12/h5-8,11,13H,2-4,9-10H2,1H3/t11-,13+/m1/s1. The summed E-state index contributed by atoms with van der Waals surface area (Å²) in [4.78, 5) is 3.97. The van der Waals surface area contributed by atoms with Crippen LogP contribution in [0, 0.1) is 5.92 Å². The highest BCUT2D eigenvalue weighted by Crippen LogP contribution is 2.26. The van der Waals surface area contributed by atoms with Crippen molar-refractivity contribution in [3.63, 3.8) is 0 Å². The normalized spacial score (nSPS) is 22.9. The van der Waals surface area contributed by atoms with Crippen molar-refractivity contribution in [3.05, 3.63) is 30.4 Å².